The van der Waals surface area contributed by atoms with Gasteiger partial charge in [-0.2, -0.15) is 5.10 Å². The lowest BCUT2D eigenvalue weighted by atomic mass is 10.2. The molecule has 0 aliphatic heterocycles. The van der Waals surface area contributed by atoms with Crippen molar-refractivity contribution < 1.29 is 14.3 Å². The Kier molecular flexibility index (Phi) is 3.01. The number of anilines is 1. The SMILES string of the molecule is Cc1cc(NC(=O)c2ccc(F)cc2O)nn1C. The highest BCUT2D eigenvalue weighted by Crippen LogP contribution is 2.19. The van der Waals surface area contributed by atoms with Crippen LogP contribution in [0.5, 0.6) is 5.75 Å². The number of hydrogen-bond acceptors (Lipinski definition) is 3. The minimum absolute atomic E-state index is 0.000272. The molecule has 0 radical (unpaired) electrons. The summed E-state index contributed by atoms with van der Waals surface area (Å²) < 4.78 is 14.4. The van der Waals surface area contributed by atoms with Gasteiger partial charge in [0.05, 0.1) is 5.56 Å². The number of nitrogens with one attached hydrogen (secondary N) is 1. The topological polar surface area (TPSA) is 67.2 Å². The third-order valence-corrected chi connectivity index (χ3v) is 2.56. The summed E-state index contributed by atoms with van der Waals surface area (Å²) in [5.74, 6) is -1.16. The van der Waals surface area contributed by atoms with E-state index in [1.54, 1.807) is 17.8 Å². The van der Waals surface area contributed by atoms with E-state index in [0.717, 1.165) is 17.8 Å². The summed E-state index contributed by atoms with van der Waals surface area (Å²) in [7, 11) is 1.75. The second-order valence-corrected chi connectivity index (χ2v) is 3.91. The maximum absolute atomic E-state index is 12.8. The highest BCUT2D eigenvalue weighted by Gasteiger charge is 2.13. The molecule has 0 spiro atoms. The van der Waals surface area contributed by atoms with Crippen LogP contribution in [-0.4, -0.2) is 20.8 Å². The number of benzene rings is 1. The molecule has 1 aromatic heterocycles. The fourth-order valence-electron chi connectivity index (χ4n) is 1.50. The Balaban J connectivity index is 2.22. The molecule has 94 valence electrons. The Morgan fingerprint density at radius 3 is 2.72 bits per heavy atom. The highest BCUT2D eigenvalue weighted by atomic mass is 19.1. The summed E-state index contributed by atoms with van der Waals surface area (Å²) in [6.45, 7) is 1.85. The van der Waals surface area contributed by atoms with Gasteiger partial charge in [0, 0.05) is 24.9 Å². The summed E-state index contributed by atoms with van der Waals surface area (Å²) >= 11 is 0. The summed E-state index contributed by atoms with van der Waals surface area (Å²) in [6, 6.07) is 4.91. The standard InChI is InChI=1S/C12H12FN3O2/c1-7-5-11(15-16(7)2)14-12(18)9-4-3-8(13)6-10(9)17/h3-6,17H,1-2H3,(H,14,15,18). The van der Waals surface area contributed by atoms with Crippen LogP contribution in [0.25, 0.3) is 0 Å². The average Bonchev–Trinajstić information content (AvgIpc) is 2.57. The molecule has 1 aromatic carbocycles. The van der Waals surface area contributed by atoms with Crippen molar-refractivity contribution in [2.45, 2.75) is 6.92 Å². The van der Waals surface area contributed by atoms with E-state index < -0.39 is 17.5 Å². The molecule has 2 aromatic rings. The quantitative estimate of drug-likeness (QED) is 0.853. The number of rotatable bonds is 2. The summed E-state index contributed by atoms with van der Waals surface area (Å²) in [5, 5.41) is 16.1. The molecular formula is C12H12FN3O2. The average molecular weight is 249 g/mol. The lowest BCUT2D eigenvalue weighted by Crippen LogP contribution is -2.12. The van der Waals surface area contributed by atoms with Gasteiger partial charge in [-0.15, -0.1) is 0 Å². The third-order valence-electron chi connectivity index (χ3n) is 2.56. The molecule has 0 bridgehead atoms. The lowest BCUT2D eigenvalue weighted by molar-refractivity contribution is 0.102. The van der Waals surface area contributed by atoms with Gasteiger partial charge >= 0.3 is 0 Å². The number of carbonyl (C=O) groups excluding carboxylic acids is 1. The predicted molar refractivity (Wildman–Crippen MR) is 64.0 cm³/mol. The maximum Gasteiger partial charge on any atom is 0.260 e. The largest absolute Gasteiger partial charge is 0.507 e. The van der Waals surface area contributed by atoms with Crippen LogP contribution < -0.4 is 5.32 Å². The van der Waals surface area contributed by atoms with Crippen LogP contribution in [0.3, 0.4) is 0 Å². The monoisotopic (exact) mass is 249 g/mol. The van der Waals surface area contributed by atoms with Crippen LogP contribution >= 0.6 is 0 Å². The zero-order valence-corrected chi connectivity index (χ0v) is 9.94. The maximum atomic E-state index is 12.8. The number of phenols is 1. The van der Waals surface area contributed by atoms with Crippen LogP contribution in [0, 0.1) is 12.7 Å². The minimum Gasteiger partial charge on any atom is -0.507 e. The van der Waals surface area contributed by atoms with E-state index >= 15 is 0 Å². The van der Waals surface area contributed by atoms with Crippen molar-refractivity contribution in [3.8, 4) is 5.75 Å². The van der Waals surface area contributed by atoms with E-state index in [9.17, 15) is 14.3 Å². The van der Waals surface area contributed by atoms with Gasteiger partial charge in [-0.1, -0.05) is 0 Å². The Morgan fingerprint density at radius 2 is 2.17 bits per heavy atom. The van der Waals surface area contributed by atoms with Gasteiger partial charge < -0.3 is 10.4 Å². The molecule has 2 rings (SSSR count). The van der Waals surface area contributed by atoms with Crippen molar-refractivity contribution in [3.63, 3.8) is 0 Å². The Bertz CT molecular complexity index is 588. The van der Waals surface area contributed by atoms with Crippen LogP contribution in [0.15, 0.2) is 24.3 Å². The molecule has 0 aliphatic rings. The molecule has 0 aliphatic carbocycles. The van der Waals surface area contributed by atoms with Crippen LogP contribution in [-0.2, 0) is 7.05 Å². The van der Waals surface area contributed by atoms with Gasteiger partial charge in [-0.05, 0) is 19.1 Å². The lowest BCUT2D eigenvalue weighted by Gasteiger charge is -2.04. The van der Waals surface area contributed by atoms with Gasteiger partial charge in [-0.3, -0.25) is 9.48 Å². The predicted octanol–water partition coefficient (Wildman–Crippen LogP) is 1.83. The Morgan fingerprint density at radius 1 is 1.44 bits per heavy atom. The summed E-state index contributed by atoms with van der Waals surface area (Å²) in [6.07, 6.45) is 0. The molecular weight excluding hydrogens is 237 g/mol. The van der Waals surface area contributed by atoms with Crippen LogP contribution in [0.2, 0.25) is 0 Å². The molecule has 1 heterocycles. The van der Waals surface area contributed by atoms with Gasteiger partial charge in [0.25, 0.3) is 5.91 Å². The summed E-state index contributed by atoms with van der Waals surface area (Å²) in [5.41, 5.74) is 0.883. The van der Waals surface area contributed by atoms with Crippen molar-refractivity contribution in [1.82, 2.24) is 9.78 Å². The first-order chi connectivity index (χ1) is 8.47. The molecule has 6 heteroatoms. The normalized spacial score (nSPS) is 10.4. The molecule has 0 saturated heterocycles. The fraction of sp³-hybridized carbons (Fsp3) is 0.167. The molecule has 0 fully saturated rings. The first kappa shape index (κ1) is 12.1. The number of nitrogens with zero attached hydrogens (tertiary/aromatic N) is 2. The Hall–Kier alpha value is -2.37. The van der Waals surface area contributed by atoms with Gasteiger partial charge in [0.15, 0.2) is 5.82 Å². The van der Waals surface area contributed by atoms with E-state index in [1.807, 2.05) is 6.92 Å². The third kappa shape index (κ3) is 2.32. The molecule has 0 atom stereocenters. The smallest absolute Gasteiger partial charge is 0.260 e. The highest BCUT2D eigenvalue weighted by molar-refractivity contribution is 6.05. The van der Waals surface area contributed by atoms with Crippen molar-refractivity contribution in [1.29, 1.82) is 0 Å². The first-order valence-corrected chi connectivity index (χ1v) is 5.28. The molecule has 5 nitrogen and oxygen atoms in total. The minimum atomic E-state index is -0.599. The number of phenolic OH excluding ortho intramolecular Hbond substituents is 1. The molecule has 18 heavy (non-hydrogen) atoms. The van der Waals surface area contributed by atoms with E-state index in [2.05, 4.69) is 10.4 Å². The molecule has 1 amide bonds. The van der Waals surface area contributed by atoms with Crippen molar-refractivity contribution >= 4 is 11.7 Å². The van der Waals surface area contributed by atoms with Crippen molar-refractivity contribution in [2.75, 3.05) is 5.32 Å². The van der Waals surface area contributed by atoms with E-state index in [1.165, 1.54) is 6.07 Å². The van der Waals surface area contributed by atoms with Gasteiger partial charge in [0.2, 0.25) is 0 Å². The zero-order chi connectivity index (χ0) is 13.3. The number of aryl methyl sites for hydroxylation is 2. The molecule has 2 N–H and O–H groups in total. The van der Waals surface area contributed by atoms with E-state index in [-0.39, 0.29) is 5.56 Å². The molecule has 0 unspecified atom stereocenters. The number of aromatic nitrogens is 2. The molecule has 0 saturated carbocycles. The van der Waals surface area contributed by atoms with Crippen LogP contribution in [0.1, 0.15) is 16.1 Å². The Labute approximate surface area is 103 Å². The second-order valence-electron chi connectivity index (χ2n) is 3.91. The second kappa shape index (κ2) is 4.48. The van der Waals surface area contributed by atoms with Crippen molar-refractivity contribution in [2.24, 2.45) is 7.05 Å². The number of amides is 1. The van der Waals surface area contributed by atoms with Crippen LogP contribution in [0.4, 0.5) is 10.2 Å². The van der Waals surface area contributed by atoms with E-state index in [0.29, 0.717) is 5.82 Å². The fourth-order valence-corrected chi connectivity index (χ4v) is 1.50. The van der Waals surface area contributed by atoms with Crippen molar-refractivity contribution in [3.05, 3.63) is 41.3 Å². The first-order valence-electron chi connectivity index (χ1n) is 5.28. The number of carbonyl (C=O) groups is 1. The number of hydrogen-bond donors (Lipinski definition) is 2. The van der Waals surface area contributed by atoms with Gasteiger partial charge in [0.1, 0.15) is 11.6 Å². The number of aromatic hydroxyl groups is 1. The van der Waals surface area contributed by atoms with Gasteiger partial charge in [-0.25, -0.2) is 4.39 Å². The number of halogens is 1. The van der Waals surface area contributed by atoms with E-state index in [4.69, 9.17) is 0 Å². The zero-order valence-electron chi connectivity index (χ0n) is 9.94. The summed E-state index contributed by atoms with van der Waals surface area (Å²) in [4.78, 5) is 11.8.